The van der Waals surface area contributed by atoms with E-state index >= 15 is 0 Å². The quantitative estimate of drug-likeness (QED) is 0.509. The molecule has 2 aromatic heterocycles. The number of rotatable bonds is 7. The Labute approximate surface area is 154 Å². The Morgan fingerprint density at radius 2 is 1.85 bits per heavy atom. The SMILES string of the molecule is CCNC(=NCc1ccccn1)NCc1nccn1Cc1ccccc1. The van der Waals surface area contributed by atoms with E-state index in [9.17, 15) is 0 Å². The van der Waals surface area contributed by atoms with Gasteiger partial charge < -0.3 is 15.2 Å². The number of pyridine rings is 1. The molecule has 3 rings (SSSR count). The number of hydrogen-bond donors (Lipinski definition) is 2. The van der Waals surface area contributed by atoms with Crippen molar-refractivity contribution in [3.63, 3.8) is 0 Å². The van der Waals surface area contributed by atoms with Gasteiger partial charge in [-0.05, 0) is 24.6 Å². The number of nitrogens with one attached hydrogen (secondary N) is 2. The van der Waals surface area contributed by atoms with Gasteiger partial charge in [-0.2, -0.15) is 0 Å². The van der Waals surface area contributed by atoms with Gasteiger partial charge in [0.15, 0.2) is 5.96 Å². The first kappa shape index (κ1) is 17.7. The second kappa shape index (κ2) is 9.36. The summed E-state index contributed by atoms with van der Waals surface area (Å²) < 4.78 is 2.14. The summed E-state index contributed by atoms with van der Waals surface area (Å²) in [5.74, 6) is 1.73. The Kier molecular flexibility index (Phi) is 6.36. The van der Waals surface area contributed by atoms with Crippen molar-refractivity contribution in [2.24, 2.45) is 4.99 Å². The van der Waals surface area contributed by atoms with Crippen LogP contribution in [-0.4, -0.2) is 27.0 Å². The number of nitrogens with zero attached hydrogens (tertiary/aromatic N) is 4. The van der Waals surface area contributed by atoms with Gasteiger partial charge in [-0.15, -0.1) is 0 Å². The second-order valence-corrected chi connectivity index (χ2v) is 5.83. The summed E-state index contributed by atoms with van der Waals surface area (Å²) in [5, 5.41) is 6.61. The molecule has 0 bridgehead atoms. The molecule has 2 N–H and O–H groups in total. The van der Waals surface area contributed by atoms with E-state index in [1.54, 1.807) is 6.20 Å². The molecule has 0 spiro atoms. The lowest BCUT2D eigenvalue weighted by atomic mass is 10.2. The largest absolute Gasteiger partial charge is 0.357 e. The molecule has 26 heavy (non-hydrogen) atoms. The monoisotopic (exact) mass is 348 g/mol. The molecule has 0 aliphatic heterocycles. The van der Waals surface area contributed by atoms with Crippen LogP contribution in [-0.2, 0) is 19.6 Å². The van der Waals surface area contributed by atoms with Crippen molar-refractivity contribution in [3.05, 3.63) is 84.2 Å². The van der Waals surface area contributed by atoms with Crippen LogP contribution in [0.1, 0.15) is 24.0 Å². The first-order chi connectivity index (χ1) is 12.8. The minimum Gasteiger partial charge on any atom is -0.357 e. The van der Waals surface area contributed by atoms with Crippen molar-refractivity contribution in [1.82, 2.24) is 25.2 Å². The standard InChI is InChI=1S/C20H24N6/c1-2-21-20(24-14-18-10-6-7-11-22-18)25-15-19-23-12-13-26(19)16-17-8-4-3-5-9-17/h3-13H,2,14-16H2,1H3,(H2,21,24,25). The maximum Gasteiger partial charge on any atom is 0.192 e. The summed E-state index contributed by atoms with van der Waals surface area (Å²) in [7, 11) is 0. The summed E-state index contributed by atoms with van der Waals surface area (Å²) in [6.45, 7) is 4.79. The van der Waals surface area contributed by atoms with E-state index in [1.165, 1.54) is 5.56 Å². The number of aliphatic imine (C=N–C) groups is 1. The lowest BCUT2D eigenvalue weighted by Crippen LogP contribution is -2.37. The van der Waals surface area contributed by atoms with Crippen LogP contribution in [0.4, 0.5) is 0 Å². The molecule has 2 heterocycles. The zero-order chi connectivity index (χ0) is 18.0. The Bertz CT molecular complexity index is 811. The fourth-order valence-electron chi connectivity index (χ4n) is 2.59. The van der Waals surface area contributed by atoms with Gasteiger partial charge in [0.1, 0.15) is 5.82 Å². The predicted molar refractivity (Wildman–Crippen MR) is 104 cm³/mol. The molecule has 0 saturated heterocycles. The third-order valence-corrected chi connectivity index (χ3v) is 3.88. The van der Waals surface area contributed by atoms with Gasteiger partial charge in [-0.25, -0.2) is 9.98 Å². The molecule has 3 aromatic rings. The third kappa shape index (κ3) is 5.17. The van der Waals surface area contributed by atoms with E-state index in [0.29, 0.717) is 13.1 Å². The number of benzene rings is 1. The predicted octanol–water partition coefficient (Wildman–Crippen LogP) is 2.58. The molecule has 0 radical (unpaired) electrons. The van der Waals surface area contributed by atoms with Gasteiger partial charge in [0.25, 0.3) is 0 Å². The number of guanidine groups is 1. The smallest absolute Gasteiger partial charge is 0.192 e. The molecule has 6 nitrogen and oxygen atoms in total. The van der Waals surface area contributed by atoms with Gasteiger partial charge in [-0.3, -0.25) is 4.98 Å². The van der Waals surface area contributed by atoms with Gasteiger partial charge in [0.2, 0.25) is 0 Å². The molecular weight excluding hydrogens is 324 g/mol. The average molecular weight is 348 g/mol. The zero-order valence-electron chi connectivity index (χ0n) is 15.0. The summed E-state index contributed by atoms with van der Waals surface area (Å²) >= 11 is 0. The van der Waals surface area contributed by atoms with Crippen LogP contribution in [0.5, 0.6) is 0 Å². The van der Waals surface area contributed by atoms with Crippen LogP contribution >= 0.6 is 0 Å². The molecule has 0 saturated carbocycles. The second-order valence-electron chi connectivity index (χ2n) is 5.83. The number of imidazole rings is 1. The van der Waals surface area contributed by atoms with Crippen LogP contribution in [0.2, 0.25) is 0 Å². The van der Waals surface area contributed by atoms with Crippen molar-refractivity contribution in [1.29, 1.82) is 0 Å². The topological polar surface area (TPSA) is 67.1 Å². The van der Waals surface area contributed by atoms with Crippen LogP contribution in [0, 0.1) is 0 Å². The van der Waals surface area contributed by atoms with E-state index in [4.69, 9.17) is 0 Å². The number of aromatic nitrogens is 3. The van der Waals surface area contributed by atoms with Crippen LogP contribution in [0.25, 0.3) is 0 Å². The molecule has 0 atom stereocenters. The first-order valence-electron chi connectivity index (χ1n) is 8.81. The molecule has 0 amide bonds. The van der Waals surface area contributed by atoms with Crippen molar-refractivity contribution >= 4 is 5.96 Å². The molecule has 0 aliphatic rings. The van der Waals surface area contributed by atoms with Crippen molar-refractivity contribution in [2.45, 2.75) is 26.6 Å². The summed E-state index contributed by atoms with van der Waals surface area (Å²) in [4.78, 5) is 13.4. The Morgan fingerprint density at radius 1 is 1.00 bits per heavy atom. The van der Waals surface area contributed by atoms with Crippen molar-refractivity contribution in [3.8, 4) is 0 Å². The van der Waals surface area contributed by atoms with Crippen LogP contribution < -0.4 is 10.6 Å². The zero-order valence-corrected chi connectivity index (χ0v) is 15.0. The molecule has 1 aromatic carbocycles. The molecular formula is C20H24N6. The lowest BCUT2D eigenvalue weighted by molar-refractivity contribution is 0.688. The van der Waals surface area contributed by atoms with E-state index in [-0.39, 0.29) is 0 Å². The Morgan fingerprint density at radius 3 is 2.62 bits per heavy atom. The fraction of sp³-hybridized carbons (Fsp3) is 0.250. The van der Waals surface area contributed by atoms with E-state index in [1.807, 2.05) is 43.6 Å². The van der Waals surface area contributed by atoms with Crippen molar-refractivity contribution < 1.29 is 0 Å². The van der Waals surface area contributed by atoms with Gasteiger partial charge in [0.05, 0.1) is 18.8 Å². The van der Waals surface area contributed by atoms with Crippen molar-refractivity contribution in [2.75, 3.05) is 6.54 Å². The molecule has 0 fully saturated rings. The molecule has 0 aliphatic carbocycles. The molecule has 6 heteroatoms. The maximum absolute atomic E-state index is 4.59. The highest BCUT2D eigenvalue weighted by molar-refractivity contribution is 5.79. The molecule has 0 unspecified atom stereocenters. The Hall–Kier alpha value is -3.15. The maximum atomic E-state index is 4.59. The van der Waals surface area contributed by atoms with E-state index in [2.05, 4.69) is 54.4 Å². The average Bonchev–Trinajstić information content (AvgIpc) is 3.12. The lowest BCUT2D eigenvalue weighted by Gasteiger charge is -2.12. The number of hydrogen-bond acceptors (Lipinski definition) is 3. The Balaban J connectivity index is 1.62. The highest BCUT2D eigenvalue weighted by Gasteiger charge is 2.05. The fourth-order valence-corrected chi connectivity index (χ4v) is 2.59. The third-order valence-electron chi connectivity index (χ3n) is 3.88. The van der Waals surface area contributed by atoms with E-state index in [0.717, 1.165) is 30.6 Å². The van der Waals surface area contributed by atoms with Gasteiger partial charge in [-0.1, -0.05) is 36.4 Å². The van der Waals surface area contributed by atoms with Gasteiger partial charge in [0, 0.05) is 31.7 Å². The summed E-state index contributed by atoms with van der Waals surface area (Å²) in [6, 6.07) is 16.2. The first-order valence-corrected chi connectivity index (χ1v) is 8.81. The highest BCUT2D eigenvalue weighted by Crippen LogP contribution is 2.05. The van der Waals surface area contributed by atoms with Gasteiger partial charge >= 0.3 is 0 Å². The van der Waals surface area contributed by atoms with E-state index < -0.39 is 0 Å². The normalized spacial score (nSPS) is 11.3. The van der Waals surface area contributed by atoms with Crippen LogP contribution in [0.15, 0.2) is 72.1 Å². The highest BCUT2D eigenvalue weighted by atomic mass is 15.2. The minimum atomic E-state index is 0.536. The minimum absolute atomic E-state index is 0.536. The summed E-state index contributed by atoms with van der Waals surface area (Å²) in [5.41, 5.74) is 2.19. The summed E-state index contributed by atoms with van der Waals surface area (Å²) in [6.07, 6.45) is 5.62. The van der Waals surface area contributed by atoms with Crippen LogP contribution in [0.3, 0.4) is 0 Å². The molecule has 134 valence electrons.